The Kier molecular flexibility index (Phi) is 4.27. The van der Waals surface area contributed by atoms with Crippen molar-refractivity contribution in [2.75, 3.05) is 26.4 Å². The van der Waals surface area contributed by atoms with Crippen LogP contribution in [0.5, 0.6) is 11.5 Å². The van der Waals surface area contributed by atoms with Crippen LogP contribution >= 0.6 is 0 Å². The number of carbonyl (C=O) groups is 2. The SMILES string of the molecule is CC(=O)N1CCC(C(=O)N2CCC[C@@H]2c2ccc3c(c2)OCO3)CC1. The molecule has 0 N–H and O–H groups in total. The van der Waals surface area contributed by atoms with Gasteiger partial charge in [-0.3, -0.25) is 9.59 Å². The topological polar surface area (TPSA) is 59.1 Å². The Morgan fingerprint density at radius 1 is 1.04 bits per heavy atom. The van der Waals surface area contributed by atoms with Gasteiger partial charge in [0.2, 0.25) is 18.6 Å². The number of hydrogen-bond acceptors (Lipinski definition) is 4. The molecule has 0 bridgehead atoms. The van der Waals surface area contributed by atoms with E-state index in [-0.39, 0.29) is 30.6 Å². The van der Waals surface area contributed by atoms with Crippen molar-refractivity contribution in [3.8, 4) is 11.5 Å². The minimum Gasteiger partial charge on any atom is -0.454 e. The van der Waals surface area contributed by atoms with E-state index in [0.717, 1.165) is 49.3 Å². The average molecular weight is 344 g/mol. The second-order valence-electron chi connectivity index (χ2n) is 7.08. The Morgan fingerprint density at radius 2 is 1.80 bits per heavy atom. The number of benzene rings is 1. The lowest BCUT2D eigenvalue weighted by molar-refractivity contribution is -0.140. The number of carbonyl (C=O) groups excluding carboxylic acids is 2. The van der Waals surface area contributed by atoms with Crippen LogP contribution in [0.25, 0.3) is 0 Å². The van der Waals surface area contributed by atoms with Gasteiger partial charge in [-0.1, -0.05) is 6.07 Å². The molecule has 0 unspecified atom stereocenters. The van der Waals surface area contributed by atoms with E-state index in [1.54, 1.807) is 6.92 Å². The summed E-state index contributed by atoms with van der Waals surface area (Å²) in [5.74, 6) is 1.92. The lowest BCUT2D eigenvalue weighted by Gasteiger charge is -2.34. The van der Waals surface area contributed by atoms with E-state index in [0.29, 0.717) is 13.1 Å². The standard InChI is InChI=1S/C19H24N2O4/c1-13(22)20-9-6-14(7-10-20)19(23)21-8-2-3-16(21)15-4-5-17-18(11-15)25-12-24-17/h4-5,11,14,16H,2-3,6-10,12H2,1H3/t16-/m1/s1. The Morgan fingerprint density at radius 3 is 2.56 bits per heavy atom. The van der Waals surface area contributed by atoms with Gasteiger partial charge in [-0.2, -0.15) is 0 Å². The number of rotatable bonds is 2. The van der Waals surface area contributed by atoms with Crippen molar-refractivity contribution in [3.63, 3.8) is 0 Å². The molecule has 6 nitrogen and oxygen atoms in total. The fourth-order valence-electron chi connectivity index (χ4n) is 4.17. The Balaban J connectivity index is 1.46. The van der Waals surface area contributed by atoms with Crippen molar-refractivity contribution in [2.45, 2.75) is 38.6 Å². The van der Waals surface area contributed by atoms with Crippen molar-refractivity contribution in [1.29, 1.82) is 0 Å². The molecule has 25 heavy (non-hydrogen) atoms. The van der Waals surface area contributed by atoms with Gasteiger partial charge in [0.15, 0.2) is 11.5 Å². The predicted octanol–water partition coefficient (Wildman–Crippen LogP) is 2.34. The summed E-state index contributed by atoms with van der Waals surface area (Å²) in [7, 11) is 0. The summed E-state index contributed by atoms with van der Waals surface area (Å²) >= 11 is 0. The minimum absolute atomic E-state index is 0.0326. The van der Waals surface area contributed by atoms with Gasteiger partial charge in [0.25, 0.3) is 0 Å². The lowest BCUT2D eigenvalue weighted by atomic mass is 9.94. The van der Waals surface area contributed by atoms with Crippen LogP contribution in [0.1, 0.15) is 44.2 Å². The van der Waals surface area contributed by atoms with E-state index in [4.69, 9.17) is 9.47 Å². The second-order valence-corrected chi connectivity index (χ2v) is 7.08. The maximum atomic E-state index is 13.1. The van der Waals surface area contributed by atoms with Gasteiger partial charge in [-0.15, -0.1) is 0 Å². The molecule has 3 heterocycles. The third-order valence-corrected chi connectivity index (χ3v) is 5.61. The first kappa shape index (κ1) is 16.2. The van der Waals surface area contributed by atoms with Crippen LogP contribution in [0.2, 0.25) is 0 Å². The average Bonchev–Trinajstić information content (AvgIpc) is 3.29. The van der Waals surface area contributed by atoms with Crippen LogP contribution < -0.4 is 9.47 Å². The molecule has 2 fully saturated rings. The monoisotopic (exact) mass is 344 g/mol. The third-order valence-electron chi connectivity index (χ3n) is 5.61. The Hall–Kier alpha value is -2.24. The molecule has 1 aromatic carbocycles. The highest BCUT2D eigenvalue weighted by molar-refractivity contribution is 5.80. The fourth-order valence-corrected chi connectivity index (χ4v) is 4.17. The molecule has 134 valence electrons. The Bertz CT molecular complexity index is 682. The first-order chi connectivity index (χ1) is 12.1. The maximum Gasteiger partial charge on any atom is 0.231 e. The van der Waals surface area contributed by atoms with Crippen LogP contribution in [0.15, 0.2) is 18.2 Å². The third kappa shape index (κ3) is 3.05. The van der Waals surface area contributed by atoms with E-state index in [1.807, 2.05) is 28.0 Å². The maximum absolute atomic E-state index is 13.1. The lowest BCUT2D eigenvalue weighted by Crippen LogP contribution is -2.43. The summed E-state index contributed by atoms with van der Waals surface area (Å²) in [4.78, 5) is 28.4. The normalized spacial score (nSPS) is 23.2. The zero-order chi connectivity index (χ0) is 17.4. The second kappa shape index (κ2) is 6.58. The highest BCUT2D eigenvalue weighted by Crippen LogP contribution is 2.39. The highest BCUT2D eigenvalue weighted by atomic mass is 16.7. The van der Waals surface area contributed by atoms with Crippen molar-refractivity contribution in [3.05, 3.63) is 23.8 Å². The molecule has 3 aliphatic rings. The number of likely N-dealkylation sites (tertiary alicyclic amines) is 2. The molecule has 3 aliphatic heterocycles. The van der Waals surface area contributed by atoms with Crippen LogP contribution in [0.4, 0.5) is 0 Å². The van der Waals surface area contributed by atoms with Crippen LogP contribution in [-0.2, 0) is 9.59 Å². The number of hydrogen-bond donors (Lipinski definition) is 0. The quantitative estimate of drug-likeness (QED) is 0.826. The summed E-state index contributed by atoms with van der Waals surface area (Å²) in [5.41, 5.74) is 1.12. The van der Waals surface area contributed by atoms with Gasteiger partial charge in [0.1, 0.15) is 0 Å². The smallest absolute Gasteiger partial charge is 0.231 e. The van der Waals surface area contributed by atoms with Crippen molar-refractivity contribution in [1.82, 2.24) is 9.80 Å². The highest BCUT2D eigenvalue weighted by Gasteiger charge is 2.36. The molecular weight excluding hydrogens is 320 g/mol. The van der Waals surface area contributed by atoms with Gasteiger partial charge in [0, 0.05) is 32.5 Å². The number of fused-ring (bicyclic) bond motifs is 1. The molecule has 1 atom stereocenters. The number of amides is 2. The van der Waals surface area contributed by atoms with Crippen molar-refractivity contribution < 1.29 is 19.1 Å². The van der Waals surface area contributed by atoms with Gasteiger partial charge in [-0.25, -0.2) is 0 Å². The first-order valence-corrected chi connectivity index (χ1v) is 9.09. The van der Waals surface area contributed by atoms with Gasteiger partial charge < -0.3 is 19.3 Å². The molecular formula is C19H24N2O4. The van der Waals surface area contributed by atoms with E-state index in [1.165, 1.54) is 0 Å². The van der Waals surface area contributed by atoms with Gasteiger partial charge >= 0.3 is 0 Å². The molecule has 0 saturated carbocycles. The predicted molar refractivity (Wildman–Crippen MR) is 91.2 cm³/mol. The van der Waals surface area contributed by atoms with Crippen molar-refractivity contribution in [2.24, 2.45) is 5.92 Å². The van der Waals surface area contributed by atoms with Crippen molar-refractivity contribution >= 4 is 11.8 Å². The molecule has 2 amide bonds. The number of ether oxygens (including phenoxy) is 2. The zero-order valence-corrected chi connectivity index (χ0v) is 14.6. The molecule has 0 aliphatic carbocycles. The largest absolute Gasteiger partial charge is 0.454 e. The van der Waals surface area contributed by atoms with Crippen LogP contribution in [-0.4, -0.2) is 48.0 Å². The molecule has 0 aromatic heterocycles. The van der Waals surface area contributed by atoms with Gasteiger partial charge in [0.05, 0.1) is 6.04 Å². The van der Waals surface area contributed by atoms with Crippen LogP contribution in [0, 0.1) is 5.92 Å². The minimum atomic E-state index is 0.0326. The summed E-state index contributed by atoms with van der Waals surface area (Å²) < 4.78 is 10.9. The van der Waals surface area contributed by atoms with E-state index >= 15 is 0 Å². The van der Waals surface area contributed by atoms with E-state index in [2.05, 4.69) is 0 Å². The molecule has 2 saturated heterocycles. The van der Waals surface area contributed by atoms with Gasteiger partial charge in [-0.05, 0) is 43.4 Å². The molecule has 4 rings (SSSR count). The number of piperidine rings is 1. The first-order valence-electron chi connectivity index (χ1n) is 9.09. The van der Waals surface area contributed by atoms with E-state index < -0.39 is 0 Å². The molecule has 1 aromatic rings. The summed E-state index contributed by atoms with van der Waals surface area (Å²) in [6, 6.07) is 6.11. The molecule has 0 radical (unpaired) electrons. The molecule has 6 heteroatoms. The Labute approximate surface area is 147 Å². The van der Waals surface area contributed by atoms with Crippen LogP contribution in [0.3, 0.4) is 0 Å². The summed E-state index contributed by atoms with van der Waals surface area (Å²) in [6.07, 6.45) is 3.54. The number of nitrogens with zero attached hydrogens (tertiary/aromatic N) is 2. The van der Waals surface area contributed by atoms with E-state index in [9.17, 15) is 9.59 Å². The fraction of sp³-hybridized carbons (Fsp3) is 0.579. The summed E-state index contributed by atoms with van der Waals surface area (Å²) in [5, 5.41) is 0. The molecule has 0 spiro atoms. The zero-order valence-electron chi connectivity index (χ0n) is 14.6. The summed E-state index contributed by atoms with van der Waals surface area (Å²) in [6.45, 7) is 4.05.